The molecule has 0 saturated carbocycles. The quantitative estimate of drug-likeness (QED) is 0.800. The third kappa shape index (κ3) is 2.73. The Labute approximate surface area is 143 Å². The number of benzene rings is 2. The monoisotopic (exact) mass is 320 g/mol. The highest BCUT2D eigenvalue weighted by molar-refractivity contribution is 6.03. The lowest BCUT2D eigenvalue weighted by Gasteiger charge is -2.48. The Bertz CT molecular complexity index is 704. The number of hydrogen-bond acceptors (Lipinski definition) is 2. The number of likely N-dealkylation sites (tertiary alicyclic amines) is 1. The molecular formula is C21H24N2O. The Kier molecular flexibility index (Phi) is 4.11. The fourth-order valence-corrected chi connectivity index (χ4v) is 3.99. The summed E-state index contributed by atoms with van der Waals surface area (Å²) in [5, 5.41) is 0. The second-order valence-electron chi connectivity index (χ2n) is 7.01. The van der Waals surface area contributed by atoms with Crippen LogP contribution in [0, 0.1) is 12.8 Å². The predicted molar refractivity (Wildman–Crippen MR) is 97.0 cm³/mol. The molecule has 0 aromatic heterocycles. The summed E-state index contributed by atoms with van der Waals surface area (Å²) in [7, 11) is 0. The molecule has 4 rings (SSSR count). The van der Waals surface area contributed by atoms with E-state index in [2.05, 4.69) is 60.4 Å². The third-order valence-corrected chi connectivity index (χ3v) is 5.32. The molecule has 2 aromatic carbocycles. The maximum Gasteiger partial charge on any atom is 0.234 e. The molecule has 2 atom stereocenters. The van der Waals surface area contributed by atoms with Gasteiger partial charge in [-0.15, -0.1) is 0 Å². The van der Waals surface area contributed by atoms with Gasteiger partial charge in [0.1, 0.15) is 0 Å². The number of rotatable bonds is 4. The van der Waals surface area contributed by atoms with Crippen molar-refractivity contribution in [2.75, 3.05) is 24.5 Å². The number of hydrogen-bond donors (Lipinski definition) is 0. The first kappa shape index (κ1) is 15.4. The van der Waals surface area contributed by atoms with Crippen molar-refractivity contribution < 1.29 is 4.79 Å². The number of aryl methyl sites for hydroxylation is 1. The fourth-order valence-electron chi connectivity index (χ4n) is 3.99. The number of β-lactam (4-membered cyclic amide) rings is 1. The molecular weight excluding hydrogens is 296 g/mol. The molecule has 3 nitrogen and oxygen atoms in total. The van der Waals surface area contributed by atoms with Crippen molar-refractivity contribution in [3.05, 3.63) is 65.7 Å². The van der Waals surface area contributed by atoms with Crippen molar-refractivity contribution in [3.8, 4) is 0 Å². The summed E-state index contributed by atoms with van der Waals surface area (Å²) in [5.74, 6) is 0.339. The van der Waals surface area contributed by atoms with Crippen LogP contribution in [0.5, 0.6) is 0 Å². The van der Waals surface area contributed by atoms with Gasteiger partial charge in [-0.25, -0.2) is 0 Å². The first-order valence-corrected chi connectivity index (χ1v) is 8.91. The molecule has 24 heavy (non-hydrogen) atoms. The van der Waals surface area contributed by atoms with Crippen LogP contribution in [0.4, 0.5) is 5.69 Å². The standard InChI is InChI=1S/C21H24N2O/c1-16-9-11-18(12-10-16)23-20(17-7-3-2-4-8-17)19(21(23)24)15-22-13-5-6-14-22/h2-4,7-12,19-20H,5-6,13-15H2,1H3/t19-,20-/m0/s1. The van der Waals surface area contributed by atoms with Gasteiger partial charge < -0.3 is 9.80 Å². The summed E-state index contributed by atoms with van der Waals surface area (Å²) >= 11 is 0. The van der Waals surface area contributed by atoms with Gasteiger partial charge in [0.15, 0.2) is 0 Å². The molecule has 2 fully saturated rings. The van der Waals surface area contributed by atoms with E-state index in [9.17, 15) is 4.79 Å². The van der Waals surface area contributed by atoms with Crippen molar-refractivity contribution in [3.63, 3.8) is 0 Å². The molecule has 0 unspecified atom stereocenters. The normalized spacial score (nSPS) is 24.2. The molecule has 2 aromatic rings. The lowest BCUT2D eigenvalue weighted by atomic mass is 9.81. The highest BCUT2D eigenvalue weighted by atomic mass is 16.2. The van der Waals surface area contributed by atoms with Gasteiger partial charge in [0.05, 0.1) is 12.0 Å². The largest absolute Gasteiger partial charge is 0.304 e. The molecule has 2 heterocycles. The first-order valence-electron chi connectivity index (χ1n) is 8.91. The lowest BCUT2D eigenvalue weighted by molar-refractivity contribution is -0.131. The number of nitrogens with zero attached hydrogens (tertiary/aromatic N) is 2. The second-order valence-corrected chi connectivity index (χ2v) is 7.01. The number of amides is 1. The van der Waals surface area contributed by atoms with Crippen molar-refractivity contribution in [1.29, 1.82) is 0 Å². The van der Waals surface area contributed by atoms with Gasteiger partial charge in [-0.1, -0.05) is 48.0 Å². The zero-order valence-corrected chi connectivity index (χ0v) is 14.2. The lowest BCUT2D eigenvalue weighted by Crippen LogP contribution is -2.58. The van der Waals surface area contributed by atoms with E-state index in [1.54, 1.807) is 0 Å². The maximum atomic E-state index is 12.9. The minimum absolute atomic E-state index is 0.0757. The van der Waals surface area contributed by atoms with E-state index in [0.29, 0.717) is 0 Å². The van der Waals surface area contributed by atoms with Gasteiger partial charge in [0.25, 0.3) is 0 Å². The SMILES string of the molecule is Cc1ccc(N2C(=O)[C@@H](CN3CCCC3)[C@@H]2c2ccccc2)cc1. The molecule has 0 spiro atoms. The predicted octanol–water partition coefficient (Wildman–Crippen LogP) is 3.79. The Hall–Kier alpha value is -2.13. The Balaban J connectivity index is 1.63. The third-order valence-electron chi connectivity index (χ3n) is 5.32. The molecule has 0 bridgehead atoms. The van der Waals surface area contributed by atoms with Crippen molar-refractivity contribution in [2.24, 2.45) is 5.92 Å². The van der Waals surface area contributed by atoms with E-state index in [-0.39, 0.29) is 17.9 Å². The van der Waals surface area contributed by atoms with Crippen molar-refractivity contribution in [1.82, 2.24) is 4.90 Å². The molecule has 1 amide bonds. The van der Waals surface area contributed by atoms with Crippen LogP contribution in [0.2, 0.25) is 0 Å². The van der Waals surface area contributed by atoms with Crippen LogP contribution in [-0.4, -0.2) is 30.4 Å². The van der Waals surface area contributed by atoms with Crippen LogP contribution in [-0.2, 0) is 4.79 Å². The van der Waals surface area contributed by atoms with Gasteiger partial charge in [-0.2, -0.15) is 0 Å². The smallest absolute Gasteiger partial charge is 0.234 e. The summed E-state index contributed by atoms with van der Waals surface area (Å²) in [6.07, 6.45) is 2.52. The summed E-state index contributed by atoms with van der Waals surface area (Å²) in [6, 6.07) is 18.9. The van der Waals surface area contributed by atoms with Gasteiger partial charge in [-0.05, 0) is 50.6 Å². The number of anilines is 1. The number of carbonyl (C=O) groups excluding carboxylic acids is 1. The minimum atomic E-state index is 0.0757. The number of carbonyl (C=O) groups is 1. The van der Waals surface area contributed by atoms with E-state index in [1.165, 1.54) is 24.0 Å². The maximum absolute atomic E-state index is 12.9. The van der Waals surface area contributed by atoms with Gasteiger partial charge >= 0.3 is 0 Å². The Morgan fingerprint density at radius 2 is 1.62 bits per heavy atom. The van der Waals surface area contributed by atoms with Gasteiger partial charge in [-0.3, -0.25) is 4.79 Å². The Morgan fingerprint density at radius 1 is 0.958 bits per heavy atom. The fraction of sp³-hybridized carbons (Fsp3) is 0.381. The highest BCUT2D eigenvalue weighted by Gasteiger charge is 2.49. The topological polar surface area (TPSA) is 23.6 Å². The summed E-state index contributed by atoms with van der Waals surface area (Å²) in [6.45, 7) is 5.24. The van der Waals surface area contributed by atoms with E-state index < -0.39 is 0 Å². The van der Waals surface area contributed by atoms with Crippen LogP contribution in [0.25, 0.3) is 0 Å². The zero-order valence-electron chi connectivity index (χ0n) is 14.2. The van der Waals surface area contributed by atoms with Crippen molar-refractivity contribution in [2.45, 2.75) is 25.8 Å². The molecule has 0 aliphatic carbocycles. The molecule has 0 radical (unpaired) electrons. The van der Waals surface area contributed by atoms with Crippen LogP contribution < -0.4 is 4.90 Å². The van der Waals surface area contributed by atoms with Crippen molar-refractivity contribution >= 4 is 11.6 Å². The average molecular weight is 320 g/mol. The van der Waals surface area contributed by atoms with E-state index >= 15 is 0 Å². The zero-order chi connectivity index (χ0) is 16.5. The highest BCUT2D eigenvalue weighted by Crippen LogP contribution is 2.44. The van der Waals surface area contributed by atoms with Gasteiger partial charge in [0.2, 0.25) is 5.91 Å². The average Bonchev–Trinajstić information content (AvgIpc) is 3.13. The molecule has 124 valence electrons. The van der Waals surface area contributed by atoms with Crippen LogP contribution in [0.1, 0.15) is 30.0 Å². The first-order chi connectivity index (χ1) is 11.7. The van der Waals surface area contributed by atoms with Crippen LogP contribution >= 0.6 is 0 Å². The minimum Gasteiger partial charge on any atom is -0.304 e. The molecule has 2 saturated heterocycles. The van der Waals surface area contributed by atoms with Gasteiger partial charge in [0, 0.05) is 12.2 Å². The van der Waals surface area contributed by atoms with E-state index in [0.717, 1.165) is 25.3 Å². The molecule has 2 aliphatic rings. The van der Waals surface area contributed by atoms with Crippen LogP contribution in [0.3, 0.4) is 0 Å². The second kappa shape index (κ2) is 6.40. The Morgan fingerprint density at radius 3 is 2.29 bits per heavy atom. The summed E-state index contributed by atoms with van der Waals surface area (Å²) < 4.78 is 0. The van der Waals surface area contributed by atoms with Crippen LogP contribution in [0.15, 0.2) is 54.6 Å². The van der Waals surface area contributed by atoms with E-state index in [4.69, 9.17) is 0 Å². The summed E-state index contributed by atoms with van der Waals surface area (Å²) in [5.41, 5.74) is 3.47. The summed E-state index contributed by atoms with van der Waals surface area (Å²) in [4.78, 5) is 17.3. The molecule has 3 heteroatoms. The molecule has 2 aliphatic heterocycles. The van der Waals surface area contributed by atoms with E-state index in [1.807, 2.05) is 11.0 Å². The molecule has 0 N–H and O–H groups in total.